The number of nitrogens with zero attached hydrogens (tertiary/aromatic N) is 4. The molecule has 0 aliphatic rings. The highest BCUT2D eigenvalue weighted by Crippen LogP contribution is 2.30. The van der Waals surface area contributed by atoms with Crippen molar-refractivity contribution < 1.29 is 4.52 Å². The first-order valence-corrected chi connectivity index (χ1v) is 6.68. The van der Waals surface area contributed by atoms with Crippen LogP contribution in [0.25, 0.3) is 11.4 Å². The quantitative estimate of drug-likeness (QED) is 0.833. The average molecular weight is 270 g/mol. The van der Waals surface area contributed by atoms with Gasteiger partial charge in [-0.15, -0.1) is 0 Å². The van der Waals surface area contributed by atoms with Gasteiger partial charge in [-0.1, -0.05) is 19.0 Å². The van der Waals surface area contributed by atoms with Crippen LogP contribution in [0.1, 0.15) is 38.1 Å². The Hall–Kier alpha value is -2.22. The van der Waals surface area contributed by atoms with Crippen LogP contribution < -0.4 is 0 Å². The lowest BCUT2D eigenvalue weighted by Gasteiger charge is -2.22. The summed E-state index contributed by atoms with van der Waals surface area (Å²) in [5, 5.41) is 12.9. The molecule has 1 unspecified atom stereocenters. The molecule has 0 saturated heterocycles. The Morgan fingerprint density at radius 3 is 2.90 bits per heavy atom. The number of hydrogen-bond acceptors (Lipinski definition) is 5. The Labute approximate surface area is 118 Å². The molecule has 2 aromatic rings. The zero-order valence-electron chi connectivity index (χ0n) is 12.1. The molecule has 2 rings (SSSR count). The summed E-state index contributed by atoms with van der Waals surface area (Å²) in [5.41, 5.74) is 1.81. The van der Waals surface area contributed by atoms with Crippen molar-refractivity contribution in [3.8, 4) is 17.5 Å². The molecule has 0 aliphatic heterocycles. The van der Waals surface area contributed by atoms with E-state index in [0.29, 0.717) is 24.6 Å². The number of pyridine rings is 1. The van der Waals surface area contributed by atoms with Crippen LogP contribution in [0.3, 0.4) is 0 Å². The zero-order chi connectivity index (χ0) is 14.6. The number of nitriles is 1. The molecular formula is C15H18N4O. The number of hydrogen-bond donors (Lipinski definition) is 0. The Bertz CT molecular complexity index is 629. The van der Waals surface area contributed by atoms with Crippen LogP contribution in [0.2, 0.25) is 0 Å². The lowest BCUT2D eigenvalue weighted by Crippen LogP contribution is -2.18. The smallest absolute Gasteiger partial charge is 0.227 e. The van der Waals surface area contributed by atoms with Gasteiger partial charge in [-0.2, -0.15) is 10.2 Å². The van der Waals surface area contributed by atoms with Crippen molar-refractivity contribution in [3.63, 3.8) is 0 Å². The number of aryl methyl sites for hydroxylation is 1. The van der Waals surface area contributed by atoms with Crippen LogP contribution >= 0.6 is 0 Å². The molecule has 1 atom stereocenters. The van der Waals surface area contributed by atoms with E-state index in [-0.39, 0.29) is 5.41 Å². The fraction of sp³-hybridized carbons (Fsp3) is 0.467. The van der Waals surface area contributed by atoms with Crippen molar-refractivity contribution in [2.24, 2.45) is 5.41 Å². The molecule has 20 heavy (non-hydrogen) atoms. The van der Waals surface area contributed by atoms with E-state index in [4.69, 9.17) is 9.78 Å². The maximum Gasteiger partial charge on any atom is 0.227 e. The molecule has 104 valence electrons. The van der Waals surface area contributed by atoms with E-state index < -0.39 is 0 Å². The van der Waals surface area contributed by atoms with Gasteiger partial charge in [-0.05, 0) is 30.4 Å². The van der Waals surface area contributed by atoms with E-state index in [1.165, 1.54) is 0 Å². The largest absolute Gasteiger partial charge is 0.339 e. The predicted molar refractivity (Wildman–Crippen MR) is 74.6 cm³/mol. The molecule has 2 heterocycles. The second kappa shape index (κ2) is 5.83. The highest BCUT2D eigenvalue weighted by molar-refractivity contribution is 5.57. The standard InChI is InChI=1S/C15H18N4O/c1-4-15(3,6-7-16)9-13-18-14(19-20-13)12-10-17-8-5-11(12)2/h5,8,10H,4,6,9H2,1-3H3. The van der Waals surface area contributed by atoms with Gasteiger partial charge in [0.25, 0.3) is 0 Å². The second-order valence-corrected chi connectivity index (χ2v) is 5.38. The third kappa shape index (κ3) is 3.02. The van der Waals surface area contributed by atoms with Gasteiger partial charge < -0.3 is 4.52 Å². The molecule has 0 saturated carbocycles. The van der Waals surface area contributed by atoms with Crippen LogP contribution in [-0.2, 0) is 6.42 Å². The first-order valence-electron chi connectivity index (χ1n) is 6.68. The van der Waals surface area contributed by atoms with Gasteiger partial charge in [0.05, 0.1) is 6.07 Å². The number of rotatable bonds is 5. The van der Waals surface area contributed by atoms with Crippen LogP contribution in [-0.4, -0.2) is 15.1 Å². The second-order valence-electron chi connectivity index (χ2n) is 5.38. The van der Waals surface area contributed by atoms with Crippen molar-refractivity contribution in [1.82, 2.24) is 15.1 Å². The van der Waals surface area contributed by atoms with E-state index >= 15 is 0 Å². The van der Waals surface area contributed by atoms with Crippen LogP contribution in [0.5, 0.6) is 0 Å². The average Bonchev–Trinajstić information content (AvgIpc) is 2.87. The fourth-order valence-electron chi connectivity index (χ4n) is 2.00. The molecule has 0 radical (unpaired) electrons. The summed E-state index contributed by atoms with van der Waals surface area (Å²) >= 11 is 0. The molecule has 0 spiro atoms. The Morgan fingerprint density at radius 2 is 2.25 bits per heavy atom. The zero-order valence-corrected chi connectivity index (χ0v) is 12.1. The monoisotopic (exact) mass is 270 g/mol. The molecule has 0 aliphatic carbocycles. The molecule has 5 heteroatoms. The molecule has 0 amide bonds. The first-order chi connectivity index (χ1) is 9.58. The normalized spacial score (nSPS) is 13.7. The summed E-state index contributed by atoms with van der Waals surface area (Å²) in [6.07, 6.45) is 5.46. The van der Waals surface area contributed by atoms with Crippen molar-refractivity contribution in [2.45, 2.75) is 40.0 Å². The fourth-order valence-corrected chi connectivity index (χ4v) is 2.00. The molecule has 0 bridgehead atoms. The molecular weight excluding hydrogens is 252 g/mol. The summed E-state index contributed by atoms with van der Waals surface area (Å²) in [7, 11) is 0. The molecule has 2 aromatic heterocycles. The minimum atomic E-state index is -0.122. The summed E-state index contributed by atoms with van der Waals surface area (Å²) in [6, 6.07) is 4.14. The molecule has 0 N–H and O–H groups in total. The maximum absolute atomic E-state index is 8.91. The summed E-state index contributed by atoms with van der Waals surface area (Å²) < 4.78 is 5.32. The third-order valence-electron chi connectivity index (χ3n) is 3.69. The van der Waals surface area contributed by atoms with E-state index in [1.807, 2.05) is 13.0 Å². The predicted octanol–water partition coefficient (Wildman–Crippen LogP) is 3.31. The molecule has 0 aromatic carbocycles. The van der Waals surface area contributed by atoms with Gasteiger partial charge >= 0.3 is 0 Å². The maximum atomic E-state index is 8.91. The minimum Gasteiger partial charge on any atom is -0.339 e. The van der Waals surface area contributed by atoms with Crippen LogP contribution in [0.15, 0.2) is 23.0 Å². The molecule has 0 fully saturated rings. The summed E-state index contributed by atoms with van der Waals surface area (Å²) in [6.45, 7) is 6.12. The highest BCUT2D eigenvalue weighted by Gasteiger charge is 2.26. The SMILES string of the molecule is CCC(C)(CC#N)Cc1nc(-c2cnccc2C)no1. The summed E-state index contributed by atoms with van der Waals surface area (Å²) in [5.74, 6) is 1.13. The van der Waals surface area contributed by atoms with Crippen LogP contribution in [0.4, 0.5) is 0 Å². The summed E-state index contributed by atoms with van der Waals surface area (Å²) in [4.78, 5) is 8.52. The van der Waals surface area contributed by atoms with Crippen molar-refractivity contribution in [2.75, 3.05) is 0 Å². The van der Waals surface area contributed by atoms with Gasteiger partial charge in [0.15, 0.2) is 0 Å². The number of aromatic nitrogens is 3. The van der Waals surface area contributed by atoms with Gasteiger partial charge in [0.2, 0.25) is 11.7 Å². The van der Waals surface area contributed by atoms with E-state index in [0.717, 1.165) is 17.5 Å². The Morgan fingerprint density at radius 1 is 1.45 bits per heavy atom. The minimum absolute atomic E-state index is 0.122. The van der Waals surface area contributed by atoms with Crippen molar-refractivity contribution in [3.05, 3.63) is 29.9 Å². The first kappa shape index (κ1) is 14.2. The van der Waals surface area contributed by atoms with Gasteiger partial charge in [0.1, 0.15) is 0 Å². The van der Waals surface area contributed by atoms with E-state index in [1.54, 1.807) is 12.4 Å². The highest BCUT2D eigenvalue weighted by atomic mass is 16.5. The van der Waals surface area contributed by atoms with E-state index in [2.05, 4.69) is 35.0 Å². The van der Waals surface area contributed by atoms with Gasteiger partial charge in [0, 0.05) is 30.8 Å². The van der Waals surface area contributed by atoms with Crippen molar-refractivity contribution >= 4 is 0 Å². The van der Waals surface area contributed by atoms with E-state index in [9.17, 15) is 0 Å². The Balaban J connectivity index is 2.22. The van der Waals surface area contributed by atoms with Crippen molar-refractivity contribution in [1.29, 1.82) is 5.26 Å². The lowest BCUT2D eigenvalue weighted by atomic mass is 9.81. The van der Waals surface area contributed by atoms with Crippen LogP contribution in [0, 0.1) is 23.7 Å². The Kier molecular flexibility index (Phi) is 4.14. The third-order valence-corrected chi connectivity index (χ3v) is 3.69. The topological polar surface area (TPSA) is 75.6 Å². The van der Waals surface area contributed by atoms with Gasteiger partial charge in [-0.3, -0.25) is 4.98 Å². The molecule has 5 nitrogen and oxygen atoms in total. The van der Waals surface area contributed by atoms with Gasteiger partial charge in [-0.25, -0.2) is 0 Å². The lowest BCUT2D eigenvalue weighted by molar-refractivity contribution is 0.266.